The van der Waals surface area contributed by atoms with Crippen molar-refractivity contribution >= 4 is 21.9 Å². The number of rotatable bonds is 13. The topological polar surface area (TPSA) is 150 Å². The van der Waals surface area contributed by atoms with E-state index in [1.165, 1.54) is 28.8 Å². The molecule has 5 heterocycles. The van der Waals surface area contributed by atoms with Gasteiger partial charge < -0.3 is 29.1 Å². The van der Waals surface area contributed by atoms with Crippen molar-refractivity contribution in [1.82, 2.24) is 28.8 Å². The number of nitrogens with zero attached hydrogens (tertiary/aromatic N) is 6. The molecule has 16 heteroatoms. The maximum atomic E-state index is 14.4. The van der Waals surface area contributed by atoms with Gasteiger partial charge in [-0.05, 0) is 91.1 Å². The van der Waals surface area contributed by atoms with Gasteiger partial charge in [0.1, 0.15) is 17.9 Å². The Kier molecular flexibility index (Phi) is 11.7. The molecule has 4 fully saturated rings. The molecule has 288 valence electrons. The van der Waals surface area contributed by atoms with Crippen LogP contribution in [0.5, 0.6) is 11.5 Å². The molecule has 4 aliphatic heterocycles. The fourth-order valence-electron chi connectivity index (χ4n) is 8.26. The van der Waals surface area contributed by atoms with Crippen molar-refractivity contribution in [2.75, 3.05) is 64.5 Å². The van der Waals surface area contributed by atoms with Gasteiger partial charge in [0, 0.05) is 62.7 Å². The largest absolute Gasteiger partial charge is 0.451 e. The normalized spacial score (nSPS) is 25.5. The first kappa shape index (κ1) is 38.7. The molecule has 3 atom stereocenters. The average Bonchev–Trinajstić information content (AvgIpc) is 3.56. The van der Waals surface area contributed by atoms with Gasteiger partial charge in [-0.25, -0.2) is 14.4 Å². The van der Waals surface area contributed by atoms with Crippen molar-refractivity contribution in [1.29, 1.82) is 0 Å². The number of carbonyl (C=O) groups is 1. The highest BCUT2D eigenvalue weighted by molar-refractivity contribution is 7.87. The molecule has 4 saturated heterocycles. The number of aromatic nitrogens is 2. The number of carbonyl (C=O) groups excluding carboxylic acids is 1. The molecule has 14 nitrogen and oxygen atoms in total. The number of β-amino-alcohol motifs (C(OH)–C–C–N with tert-alkyl or cyclic N) is 1. The number of aliphatic hydroxyl groups is 1. The van der Waals surface area contributed by atoms with Gasteiger partial charge >= 0.3 is 0 Å². The van der Waals surface area contributed by atoms with Crippen LogP contribution in [-0.4, -0.2) is 133 Å². The zero-order valence-corrected chi connectivity index (χ0v) is 31.8. The molecular formula is C36H54FN7O7S. The van der Waals surface area contributed by atoms with Crippen LogP contribution in [0.1, 0.15) is 76.6 Å². The third-order valence-corrected chi connectivity index (χ3v) is 12.6. The van der Waals surface area contributed by atoms with E-state index in [-0.39, 0.29) is 47.4 Å². The highest BCUT2D eigenvalue weighted by Gasteiger charge is 2.48. The van der Waals surface area contributed by atoms with Crippen LogP contribution >= 0.6 is 0 Å². The first-order valence-electron chi connectivity index (χ1n) is 18.4. The average molecular weight is 748 g/mol. The number of piperidine rings is 1. The fourth-order valence-corrected chi connectivity index (χ4v) is 9.93. The van der Waals surface area contributed by atoms with E-state index >= 15 is 0 Å². The minimum Gasteiger partial charge on any atom is -0.451 e. The van der Waals surface area contributed by atoms with Crippen LogP contribution in [0, 0.1) is 11.2 Å². The summed E-state index contributed by atoms with van der Waals surface area (Å²) in [5.74, 6) is -0.917. The Labute approximate surface area is 306 Å². The van der Waals surface area contributed by atoms with Crippen molar-refractivity contribution in [3.05, 3.63) is 42.1 Å². The molecule has 0 saturated carbocycles. The molecule has 1 aromatic heterocycles. The SMILES string of the molecule is COC[C@H]1CCCN1S(=O)(=O)N[C@@H]1CC[C@](O)(CN2CCC3(CC2)CN(c2ncncc2Oc2ccc(F)cc2C(=O)N(C(C)C)C(C)C)C3)OC1. The molecule has 1 aromatic carbocycles. The summed E-state index contributed by atoms with van der Waals surface area (Å²) in [4.78, 5) is 28.3. The summed E-state index contributed by atoms with van der Waals surface area (Å²) in [5, 5.41) is 11.3. The number of hydrogen-bond donors (Lipinski definition) is 2. The van der Waals surface area contributed by atoms with E-state index < -0.39 is 27.9 Å². The summed E-state index contributed by atoms with van der Waals surface area (Å²) in [5.41, 5.74) is 0.226. The Balaban J connectivity index is 1.01. The van der Waals surface area contributed by atoms with Crippen molar-refractivity contribution in [2.45, 2.75) is 96.2 Å². The number of benzene rings is 1. The van der Waals surface area contributed by atoms with Crippen LogP contribution in [0.3, 0.4) is 0 Å². The summed E-state index contributed by atoms with van der Waals surface area (Å²) in [6, 6.07) is 3.23. The first-order chi connectivity index (χ1) is 24.7. The summed E-state index contributed by atoms with van der Waals surface area (Å²) >= 11 is 0. The van der Waals surface area contributed by atoms with Gasteiger partial charge in [-0.1, -0.05) is 0 Å². The number of ether oxygens (including phenoxy) is 3. The Morgan fingerprint density at radius 3 is 2.50 bits per heavy atom. The lowest BCUT2D eigenvalue weighted by atomic mass is 9.72. The maximum absolute atomic E-state index is 14.4. The van der Waals surface area contributed by atoms with Crippen LogP contribution in [0.25, 0.3) is 0 Å². The van der Waals surface area contributed by atoms with Crippen LogP contribution in [-0.2, 0) is 19.7 Å². The van der Waals surface area contributed by atoms with Gasteiger partial charge in [0.2, 0.25) is 0 Å². The monoisotopic (exact) mass is 747 g/mol. The molecule has 0 bridgehead atoms. The summed E-state index contributed by atoms with van der Waals surface area (Å²) in [6.45, 7) is 12.1. The standard InChI is InChI=1S/C36H54FN7O7S/c1-25(2)44(26(3)4)34(45)30-17-27(37)8-9-31(30)51-32-18-38-24-39-33(32)42-21-35(22-42)12-15-41(16-13-35)23-36(46)11-10-28(19-50-36)40-52(47,48)43-14-6-7-29(43)20-49-5/h8-9,17-18,24-26,28-29,40,46H,6-7,10-16,19-23H2,1-5H3/t28-,29-,36-/m1/s1. The number of methoxy groups -OCH3 is 1. The van der Waals surface area contributed by atoms with E-state index in [4.69, 9.17) is 14.2 Å². The van der Waals surface area contributed by atoms with E-state index in [0.717, 1.165) is 51.9 Å². The number of amides is 1. The lowest BCUT2D eigenvalue weighted by Crippen LogP contribution is -2.62. The van der Waals surface area contributed by atoms with Crippen LogP contribution < -0.4 is 14.4 Å². The quantitative estimate of drug-likeness (QED) is 0.311. The number of halogens is 1. The molecular weight excluding hydrogens is 694 g/mol. The number of anilines is 1. The minimum atomic E-state index is -3.68. The summed E-state index contributed by atoms with van der Waals surface area (Å²) < 4.78 is 62.2. The zero-order valence-electron chi connectivity index (χ0n) is 31.0. The van der Waals surface area contributed by atoms with Crippen LogP contribution in [0.4, 0.5) is 10.2 Å². The second kappa shape index (κ2) is 15.8. The zero-order chi connectivity index (χ0) is 37.3. The molecule has 0 aliphatic carbocycles. The third kappa shape index (κ3) is 8.53. The first-order valence-corrected chi connectivity index (χ1v) is 19.9. The Hall–Kier alpha value is -2.99. The molecule has 6 rings (SSSR count). The number of nitrogens with one attached hydrogen (secondary N) is 1. The molecule has 0 radical (unpaired) electrons. The van der Waals surface area contributed by atoms with Gasteiger partial charge in [0.15, 0.2) is 17.4 Å². The van der Waals surface area contributed by atoms with E-state index in [1.54, 1.807) is 18.2 Å². The van der Waals surface area contributed by atoms with E-state index in [1.807, 2.05) is 27.7 Å². The van der Waals surface area contributed by atoms with Crippen LogP contribution in [0.2, 0.25) is 0 Å². The predicted molar refractivity (Wildman–Crippen MR) is 193 cm³/mol. The van der Waals surface area contributed by atoms with E-state index in [9.17, 15) is 22.7 Å². The highest BCUT2D eigenvalue weighted by atomic mass is 32.2. The molecule has 4 aliphatic rings. The van der Waals surface area contributed by atoms with Gasteiger partial charge in [0.25, 0.3) is 16.1 Å². The van der Waals surface area contributed by atoms with Crippen molar-refractivity contribution < 1.29 is 36.9 Å². The lowest BCUT2D eigenvalue weighted by Gasteiger charge is -2.55. The molecule has 2 N–H and O–H groups in total. The molecule has 1 amide bonds. The van der Waals surface area contributed by atoms with E-state index in [2.05, 4.69) is 24.5 Å². The second-order valence-electron chi connectivity index (χ2n) is 15.5. The third-order valence-electron chi connectivity index (χ3n) is 10.9. The smallest absolute Gasteiger partial charge is 0.280 e. The number of hydrogen-bond acceptors (Lipinski definition) is 11. The van der Waals surface area contributed by atoms with Gasteiger partial charge in [-0.2, -0.15) is 17.4 Å². The van der Waals surface area contributed by atoms with Crippen LogP contribution in [0.15, 0.2) is 30.7 Å². The highest BCUT2D eigenvalue weighted by Crippen LogP contribution is 2.45. The molecule has 0 unspecified atom stereocenters. The van der Waals surface area contributed by atoms with Gasteiger partial charge in [-0.15, -0.1) is 0 Å². The minimum absolute atomic E-state index is 0.0837. The lowest BCUT2D eigenvalue weighted by molar-refractivity contribution is -0.239. The van der Waals surface area contributed by atoms with Crippen molar-refractivity contribution in [3.8, 4) is 11.5 Å². The summed E-state index contributed by atoms with van der Waals surface area (Å²) in [6.07, 6.45) is 7.30. The fraction of sp³-hybridized carbons (Fsp3) is 0.694. The van der Waals surface area contributed by atoms with E-state index in [0.29, 0.717) is 44.1 Å². The number of likely N-dealkylation sites (tertiary alicyclic amines) is 1. The predicted octanol–water partition coefficient (Wildman–Crippen LogP) is 3.38. The molecule has 1 spiro atoms. The Morgan fingerprint density at radius 2 is 1.85 bits per heavy atom. The summed E-state index contributed by atoms with van der Waals surface area (Å²) in [7, 11) is -2.10. The molecule has 52 heavy (non-hydrogen) atoms. The molecule has 2 aromatic rings. The van der Waals surface area contributed by atoms with Gasteiger partial charge in [-0.3, -0.25) is 9.69 Å². The van der Waals surface area contributed by atoms with Crippen molar-refractivity contribution in [2.24, 2.45) is 5.41 Å². The maximum Gasteiger partial charge on any atom is 0.280 e. The Bertz CT molecular complexity index is 1650. The second-order valence-corrected chi connectivity index (χ2v) is 17.1. The van der Waals surface area contributed by atoms with Gasteiger partial charge in [0.05, 0.1) is 31.5 Å². The van der Waals surface area contributed by atoms with Crippen molar-refractivity contribution in [3.63, 3.8) is 0 Å². The Morgan fingerprint density at radius 1 is 1.12 bits per heavy atom.